The van der Waals surface area contributed by atoms with Crippen LogP contribution in [0.4, 0.5) is 0 Å². The quantitative estimate of drug-likeness (QED) is 0.125. The first kappa shape index (κ1) is 32.9. The van der Waals surface area contributed by atoms with Crippen molar-refractivity contribution < 1.29 is 39.6 Å². The van der Waals surface area contributed by atoms with Crippen LogP contribution < -0.4 is 0 Å². The Morgan fingerprint density at radius 2 is 0.892 bits per heavy atom. The van der Waals surface area contributed by atoms with Crippen molar-refractivity contribution in [2.45, 2.75) is 112 Å². The van der Waals surface area contributed by atoms with Crippen molar-refractivity contribution in [2.75, 3.05) is 0 Å². The Hall–Kier alpha value is -2.12. The van der Waals surface area contributed by atoms with E-state index in [1.165, 1.54) is 0 Å². The van der Waals surface area contributed by atoms with Crippen molar-refractivity contribution in [1.29, 1.82) is 0 Å². The molecule has 0 bridgehead atoms. The predicted molar refractivity (Wildman–Crippen MR) is 141 cm³/mol. The van der Waals surface area contributed by atoms with Crippen molar-refractivity contribution in [3.63, 3.8) is 0 Å². The van der Waals surface area contributed by atoms with Crippen molar-refractivity contribution in [2.24, 2.45) is 46.3 Å². The van der Waals surface area contributed by atoms with E-state index in [0.717, 1.165) is 44.9 Å². The highest BCUT2D eigenvalue weighted by Gasteiger charge is 2.69. The lowest BCUT2D eigenvalue weighted by atomic mass is 9.45. The molecule has 1 saturated carbocycles. The molecule has 8 heteroatoms. The van der Waals surface area contributed by atoms with E-state index in [4.69, 9.17) is 0 Å². The van der Waals surface area contributed by atoms with Gasteiger partial charge in [0, 0.05) is 0 Å². The van der Waals surface area contributed by atoms with Gasteiger partial charge in [0.2, 0.25) is 0 Å². The van der Waals surface area contributed by atoms with Crippen LogP contribution in [-0.4, -0.2) is 44.3 Å². The van der Waals surface area contributed by atoms with Gasteiger partial charge in [-0.2, -0.15) is 0 Å². The van der Waals surface area contributed by atoms with Crippen LogP contribution in [0.15, 0.2) is 0 Å². The minimum absolute atomic E-state index is 0.393. The van der Waals surface area contributed by atoms with Gasteiger partial charge in [-0.05, 0) is 48.3 Å². The standard InChI is InChI=1S/C29H50O8/c1-7-9-11-13-15-21-17-16-20(14-12-10-8-2)22(28(18(3)4,24(30)31)25(32)33)23(21)29(19(5)6,26(34)35)27(36)37/h18-23H,7-17H2,1-6H3,(H,30,31)(H,32,33)(H,34,35)(H,36,37). The van der Waals surface area contributed by atoms with Gasteiger partial charge in [-0.3, -0.25) is 19.2 Å². The maximum Gasteiger partial charge on any atom is 0.321 e. The van der Waals surface area contributed by atoms with Crippen LogP contribution in [0.1, 0.15) is 112 Å². The molecule has 1 rings (SSSR count). The summed E-state index contributed by atoms with van der Waals surface area (Å²) < 4.78 is 0. The maximum atomic E-state index is 13.0. The van der Waals surface area contributed by atoms with E-state index in [1.54, 1.807) is 27.7 Å². The molecule has 0 aliphatic heterocycles. The lowest BCUT2D eigenvalue weighted by molar-refractivity contribution is -0.203. The highest BCUT2D eigenvalue weighted by Crippen LogP contribution is 2.60. The SMILES string of the molecule is CCCCCCC1CCC(CCCCC)C(C(C(=O)O)(C(=O)O)C(C)C)C1C(C(=O)O)(C(=O)O)C(C)C. The Morgan fingerprint density at radius 1 is 0.595 bits per heavy atom. The molecular formula is C29H50O8. The minimum Gasteiger partial charge on any atom is -0.480 e. The van der Waals surface area contributed by atoms with Crippen LogP contribution >= 0.6 is 0 Å². The first-order valence-electron chi connectivity index (χ1n) is 14.2. The summed E-state index contributed by atoms with van der Waals surface area (Å²) in [7, 11) is 0. The van der Waals surface area contributed by atoms with E-state index in [-0.39, 0.29) is 0 Å². The van der Waals surface area contributed by atoms with E-state index >= 15 is 0 Å². The van der Waals surface area contributed by atoms with E-state index < -0.39 is 70.2 Å². The molecule has 1 aliphatic rings. The number of aliphatic carboxylic acids is 4. The highest BCUT2D eigenvalue weighted by atomic mass is 16.4. The van der Waals surface area contributed by atoms with Gasteiger partial charge in [-0.25, -0.2) is 0 Å². The molecule has 8 nitrogen and oxygen atoms in total. The number of carboxylic acids is 4. The Labute approximate surface area is 222 Å². The van der Waals surface area contributed by atoms with Crippen LogP contribution in [-0.2, 0) is 19.2 Å². The molecule has 0 saturated heterocycles. The van der Waals surface area contributed by atoms with Crippen molar-refractivity contribution >= 4 is 23.9 Å². The van der Waals surface area contributed by atoms with Gasteiger partial charge >= 0.3 is 23.9 Å². The second-order valence-corrected chi connectivity index (χ2v) is 11.8. The number of hydrogen-bond acceptors (Lipinski definition) is 4. The molecule has 4 unspecified atom stereocenters. The third-order valence-corrected chi connectivity index (χ3v) is 9.21. The van der Waals surface area contributed by atoms with Gasteiger partial charge in [-0.15, -0.1) is 0 Å². The minimum atomic E-state index is -2.30. The van der Waals surface area contributed by atoms with Gasteiger partial charge in [0.05, 0.1) is 0 Å². The molecule has 0 aromatic heterocycles. The van der Waals surface area contributed by atoms with Crippen LogP contribution in [0, 0.1) is 46.3 Å². The van der Waals surface area contributed by atoms with Gasteiger partial charge in [0.25, 0.3) is 0 Å². The summed E-state index contributed by atoms with van der Waals surface area (Å²) in [5.41, 5.74) is -4.59. The highest BCUT2D eigenvalue weighted by molar-refractivity contribution is 6.01. The average molecular weight is 527 g/mol. The summed E-state index contributed by atoms with van der Waals surface area (Å²) in [6.45, 7) is 10.3. The zero-order valence-electron chi connectivity index (χ0n) is 23.7. The molecule has 0 aromatic carbocycles. The molecule has 0 heterocycles. The summed E-state index contributed by atoms with van der Waals surface area (Å²) in [6, 6.07) is 0. The third kappa shape index (κ3) is 6.31. The van der Waals surface area contributed by atoms with Crippen molar-refractivity contribution in [1.82, 2.24) is 0 Å². The van der Waals surface area contributed by atoms with Crippen molar-refractivity contribution in [3.05, 3.63) is 0 Å². The molecular weight excluding hydrogens is 476 g/mol. The normalized spacial score (nSPS) is 22.8. The van der Waals surface area contributed by atoms with Gasteiger partial charge < -0.3 is 20.4 Å². The van der Waals surface area contributed by atoms with Gasteiger partial charge in [0.15, 0.2) is 10.8 Å². The topological polar surface area (TPSA) is 149 Å². The maximum absolute atomic E-state index is 13.0. The van der Waals surface area contributed by atoms with E-state index in [0.29, 0.717) is 25.7 Å². The fourth-order valence-electron chi connectivity index (χ4n) is 7.33. The third-order valence-electron chi connectivity index (χ3n) is 9.21. The molecule has 1 fully saturated rings. The Kier molecular flexibility index (Phi) is 12.6. The van der Waals surface area contributed by atoms with Crippen LogP contribution in [0.5, 0.6) is 0 Å². The van der Waals surface area contributed by atoms with Crippen molar-refractivity contribution in [3.8, 4) is 0 Å². The zero-order valence-corrected chi connectivity index (χ0v) is 23.7. The molecule has 4 N–H and O–H groups in total. The fraction of sp³-hybridized carbons (Fsp3) is 0.862. The number of carbonyl (C=O) groups is 4. The van der Waals surface area contributed by atoms with Crippen LogP contribution in [0.3, 0.4) is 0 Å². The molecule has 0 aromatic rings. The van der Waals surface area contributed by atoms with E-state index in [9.17, 15) is 39.6 Å². The van der Waals surface area contributed by atoms with Gasteiger partial charge in [0.1, 0.15) is 0 Å². The first-order valence-corrected chi connectivity index (χ1v) is 14.2. The molecule has 0 amide bonds. The fourth-order valence-corrected chi connectivity index (χ4v) is 7.33. The van der Waals surface area contributed by atoms with E-state index in [2.05, 4.69) is 6.92 Å². The lowest BCUT2D eigenvalue weighted by Gasteiger charge is -2.55. The molecule has 1 aliphatic carbocycles. The number of unbranched alkanes of at least 4 members (excludes halogenated alkanes) is 5. The number of rotatable bonds is 17. The Morgan fingerprint density at radius 3 is 1.16 bits per heavy atom. The lowest BCUT2D eigenvalue weighted by Crippen LogP contribution is -2.64. The second-order valence-electron chi connectivity index (χ2n) is 11.8. The number of hydrogen-bond donors (Lipinski definition) is 4. The molecule has 37 heavy (non-hydrogen) atoms. The molecule has 0 radical (unpaired) electrons. The zero-order chi connectivity index (χ0) is 28.6. The molecule has 4 atom stereocenters. The summed E-state index contributed by atoms with van der Waals surface area (Å²) in [4.78, 5) is 52.0. The van der Waals surface area contributed by atoms with Crippen LogP contribution in [0.2, 0.25) is 0 Å². The molecule has 0 spiro atoms. The number of carboxylic acid groups (broad SMARTS) is 4. The largest absolute Gasteiger partial charge is 0.480 e. The average Bonchev–Trinajstić information content (AvgIpc) is 2.78. The summed E-state index contributed by atoms with van der Waals surface area (Å²) >= 11 is 0. The summed E-state index contributed by atoms with van der Waals surface area (Å²) in [5.74, 6) is -10.8. The predicted octanol–water partition coefficient (Wildman–Crippen LogP) is 6.42. The Balaban J connectivity index is 4.03. The Bertz CT molecular complexity index is 759. The van der Waals surface area contributed by atoms with Crippen LogP contribution in [0.25, 0.3) is 0 Å². The van der Waals surface area contributed by atoms with Gasteiger partial charge in [-0.1, -0.05) is 99.3 Å². The molecule has 214 valence electrons. The summed E-state index contributed by atoms with van der Waals surface area (Å²) in [5, 5.41) is 42.3. The smallest absolute Gasteiger partial charge is 0.321 e. The second kappa shape index (κ2) is 14.1. The summed E-state index contributed by atoms with van der Waals surface area (Å²) in [6.07, 6.45) is 8.51. The monoisotopic (exact) mass is 526 g/mol. The van der Waals surface area contributed by atoms with E-state index in [1.807, 2.05) is 6.92 Å². The first-order chi connectivity index (χ1) is 17.3.